The van der Waals surface area contributed by atoms with Gasteiger partial charge in [0, 0.05) is 16.3 Å². The van der Waals surface area contributed by atoms with Crippen LogP contribution in [0.1, 0.15) is 20.7 Å². The Bertz CT molecular complexity index is 1260. The smallest absolute Gasteiger partial charge is 0.335 e. The number of H-pyrrole nitrogens is 1. The molecular weight excluding hydrogens is 354 g/mol. The summed E-state index contributed by atoms with van der Waals surface area (Å²) in [5, 5.41) is 10.4. The molecule has 0 saturated heterocycles. The van der Waals surface area contributed by atoms with Crippen molar-refractivity contribution in [2.24, 2.45) is 5.73 Å². The third-order valence-corrected chi connectivity index (χ3v) is 4.47. The molecular formula is C20H12F2N2O3. The lowest BCUT2D eigenvalue weighted by atomic mass is 9.98. The number of primary amides is 1. The summed E-state index contributed by atoms with van der Waals surface area (Å²) in [7, 11) is 0. The van der Waals surface area contributed by atoms with E-state index < -0.39 is 23.5 Å². The van der Waals surface area contributed by atoms with Gasteiger partial charge in [0.15, 0.2) is 11.6 Å². The van der Waals surface area contributed by atoms with Crippen LogP contribution >= 0.6 is 0 Å². The van der Waals surface area contributed by atoms with Crippen LogP contribution < -0.4 is 5.73 Å². The number of aromatic nitrogens is 1. The maximum absolute atomic E-state index is 13.6. The summed E-state index contributed by atoms with van der Waals surface area (Å²) < 4.78 is 26.9. The highest BCUT2D eigenvalue weighted by Crippen LogP contribution is 2.33. The monoisotopic (exact) mass is 366 g/mol. The van der Waals surface area contributed by atoms with Gasteiger partial charge in [-0.05, 0) is 53.6 Å². The topological polar surface area (TPSA) is 96.2 Å². The van der Waals surface area contributed by atoms with E-state index in [1.807, 2.05) is 0 Å². The predicted octanol–water partition coefficient (Wildman–Crippen LogP) is 4.06. The molecule has 0 fully saturated rings. The molecule has 4 aromatic rings. The quantitative estimate of drug-likeness (QED) is 0.510. The first-order valence-corrected chi connectivity index (χ1v) is 7.93. The molecule has 7 heteroatoms. The molecule has 0 aliphatic rings. The minimum absolute atomic E-state index is 0.0854. The van der Waals surface area contributed by atoms with Gasteiger partial charge < -0.3 is 15.8 Å². The first-order chi connectivity index (χ1) is 12.8. The van der Waals surface area contributed by atoms with Crippen LogP contribution in [0, 0.1) is 11.6 Å². The van der Waals surface area contributed by atoms with Gasteiger partial charge in [0.05, 0.1) is 16.6 Å². The second kappa shape index (κ2) is 5.91. The zero-order valence-corrected chi connectivity index (χ0v) is 13.7. The molecule has 1 heterocycles. The van der Waals surface area contributed by atoms with Crippen LogP contribution in [0.3, 0.4) is 0 Å². The number of carboxylic acids is 1. The molecule has 4 rings (SSSR count). The number of halogens is 2. The van der Waals surface area contributed by atoms with E-state index in [1.54, 1.807) is 12.1 Å². The van der Waals surface area contributed by atoms with Gasteiger partial charge in [-0.2, -0.15) is 0 Å². The van der Waals surface area contributed by atoms with E-state index in [9.17, 15) is 23.5 Å². The zero-order chi connectivity index (χ0) is 19.3. The van der Waals surface area contributed by atoms with Crippen LogP contribution in [0.5, 0.6) is 0 Å². The van der Waals surface area contributed by atoms with Gasteiger partial charge in [0.2, 0.25) is 0 Å². The van der Waals surface area contributed by atoms with Crippen LogP contribution in [-0.2, 0) is 0 Å². The molecule has 0 radical (unpaired) electrons. The van der Waals surface area contributed by atoms with E-state index >= 15 is 0 Å². The molecule has 0 aliphatic heterocycles. The number of hydrogen-bond acceptors (Lipinski definition) is 2. The number of fused-ring (bicyclic) bond motifs is 3. The molecule has 27 heavy (non-hydrogen) atoms. The van der Waals surface area contributed by atoms with Gasteiger partial charge >= 0.3 is 5.97 Å². The third kappa shape index (κ3) is 2.69. The molecule has 0 unspecified atom stereocenters. The fourth-order valence-corrected chi connectivity index (χ4v) is 3.17. The van der Waals surface area contributed by atoms with E-state index in [1.165, 1.54) is 24.3 Å². The van der Waals surface area contributed by atoms with Crippen LogP contribution in [0.2, 0.25) is 0 Å². The Morgan fingerprint density at radius 1 is 0.889 bits per heavy atom. The van der Waals surface area contributed by atoms with Crippen molar-refractivity contribution in [1.29, 1.82) is 0 Å². The van der Waals surface area contributed by atoms with Gasteiger partial charge in [-0.15, -0.1) is 0 Å². The van der Waals surface area contributed by atoms with Crippen molar-refractivity contribution in [2.45, 2.75) is 0 Å². The summed E-state index contributed by atoms with van der Waals surface area (Å²) in [5.74, 6) is -3.78. The number of carbonyl (C=O) groups excluding carboxylic acids is 1. The lowest BCUT2D eigenvalue weighted by Gasteiger charge is -2.07. The van der Waals surface area contributed by atoms with Crippen molar-refractivity contribution in [1.82, 2.24) is 4.98 Å². The molecule has 0 aliphatic carbocycles. The van der Waals surface area contributed by atoms with E-state index in [0.717, 1.165) is 12.1 Å². The average Bonchev–Trinajstić information content (AvgIpc) is 3.00. The normalized spacial score (nSPS) is 11.2. The predicted molar refractivity (Wildman–Crippen MR) is 96.6 cm³/mol. The zero-order valence-electron chi connectivity index (χ0n) is 13.7. The Morgan fingerprint density at radius 3 is 2.33 bits per heavy atom. The first kappa shape index (κ1) is 16.7. The summed E-state index contributed by atoms with van der Waals surface area (Å²) in [6, 6.07) is 11.1. The number of amides is 1. The van der Waals surface area contributed by atoms with Crippen molar-refractivity contribution < 1.29 is 23.5 Å². The van der Waals surface area contributed by atoms with Crippen molar-refractivity contribution in [3.63, 3.8) is 0 Å². The fourth-order valence-electron chi connectivity index (χ4n) is 3.17. The van der Waals surface area contributed by atoms with Crippen molar-refractivity contribution in [3.8, 4) is 11.1 Å². The molecule has 0 saturated carbocycles. The minimum Gasteiger partial charge on any atom is -0.478 e. The summed E-state index contributed by atoms with van der Waals surface area (Å²) in [6.07, 6.45) is 0. The second-order valence-corrected chi connectivity index (χ2v) is 6.13. The van der Waals surface area contributed by atoms with Crippen LogP contribution in [0.4, 0.5) is 8.78 Å². The fraction of sp³-hybridized carbons (Fsp3) is 0. The Morgan fingerprint density at radius 2 is 1.67 bits per heavy atom. The highest BCUT2D eigenvalue weighted by molar-refractivity contribution is 6.17. The molecule has 5 nitrogen and oxygen atoms in total. The van der Waals surface area contributed by atoms with Crippen LogP contribution in [0.15, 0.2) is 48.5 Å². The van der Waals surface area contributed by atoms with Crippen LogP contribution in [-0.4, -0.2) is 22.0 Å². The molecule has 0 bridgehead atoms. The largest absolute Gasteiger partial charge is 0.478 e. The lowest BCUT2D eigenvalue weighted by molar-refractivity contribution is 0.0697. The van der Waals surface area contributed by atoms with Crippen molar-refractivity contribution in [3.05, 3.63) is 71.3 Å². The van der Waals surface area contributed by atoms with Gasteiger partial charge in [0.1, 0.15) is 0 Å². The van der Waals surface area contributed by atoms with Gasteiger partial charge in [-0.1, -0.05) is 6.07 Å². The Labute approximate surface area is 151 Å². The number of carbonyl (C=O) groups is 2. The number of aromatic carboxylic acids is 1. The second-order valence-electron chi connectivity index (χ2n) is 6.13. The lowest BCUT2D eigenvalue weighted by Crippen LogP contribution is -2.11. The molecule has 134 valence electrons. The standard InChI is InChI=1S/C20H12F2N2O3/c21-15-3-1-9(8-16(15)22)11-6-13-12-5-10(20(26)27)2-4-17(12)24-18(13)14(7-11)19(23)25/h1-8,24H,(H2,23,25)(H,26,27). The van der Waals surface area contributed by atoms with Crippen molar-refractivity contribution >= 4 is 33.7 Å². The summed E-state index contributed by atoms with van der Waals surface area (Å²) in [5.41, 5.74) is 7.64. The molecule has 4 N–H and O–H groups in total. The first-order valence-electron chi connectivity index (χ1n) is 7.93. The minimum atomic E-state index is -1.09. The number of nitrogens with two attached hydrogens (primary N) is 1. The summed E-state index contributed by atoms with van der Waals surface area (Å²) in [4.78, 5) is 26.3. The summed E-state index contributed by atoms with van der Waals surface area (Å²) >= 11 is 0. The maximum atomic E-state index is 13.6. The van der Waals surface area contributed by atoms with Gasteiger partial charge in [0.25, 0.3) is 5.91 Å². The van der Waals surface area contributed by atoms with E-state index in [2.05, 4.69) is 4.98 Å². The number of aromatic amines is 1. The SMILES string of the molecule is NC(=O)c1cc(-c2ccc(F)c(F)c2)cc2c1[nH]c1ccc(C(=O)O)cc12. The van der Waals surface area contributed by atoms with Gasteiger partial charge in [-0.25, -0.2) is 13.6 Å². The van der Waals surface area contributed by atoms with Crippen LogP contribution in [0.25, 0.3) is 32.9 Å². The van der Waals surface area contributed by atoms with Gasteiger partial charge in [-0.3, -0.25) is 4.79 Å². The highest BCUT2D eigenvalue weighted by atomic mass is 19.2. The number of hydrogen-bond donors (Lipinski definition) is 3. The number of rotatable bonds is 3. The maximum Gasteiger partial charge on any atom is 0.335 e. The number of nitrogens with one attached hydrogen (secondary N) is 1. The van der Waals surface area contributed by atoms with Crippen molar-refractivity contribution in [2.75, 3.05) is 0 Å². The Kier molecular flexibility index (Phi) is 3.66. The molecule has 0 spiro atoms. The third-order valence-electron chi connectivity index (χ3n) is 4.47. The highest BCUT2D eigenvalue weighted by Gasteiger charge is 2.16. The average molecular weight is 366 g/mol. The molecule has 1 aromatic heterocycles. The number of benzene rings is 3. The molecule has 3 aromatic carbocycles. The summed E-state index contributed by atoms with van der Waals surface area (Å²) in [6.45, 7) is 0. The molecule has 0 atom stereocenters. The van der Waals surface area contributed by atoms with E-state index in [-0.39, 0.29) is 11.1 Å². The van der Waals surface area contributed by atoms with E-state index in [0.29, 0.717) is 32.9 Å². The Balaban J connectivity index is 2.07. The number of carboxylic acid groups (broad SMARTS) is 1. The Hall–Kier alpha value is -3.74. The van der Waals surface area contributed by atoms with E-state index in [4.69, 9.17) is 5.73 Å². The molecule has 1 amide bonds.